The summed E-state index contributed by atoms with van der Waals surface area (Å²) < 4.78 is 6.37. The molecule has 1 aromatic heterocycles. The zero-order chi connectivity index (χ0) is 24.4. The van der Waals surface area contributed by atoms with Gasteiger partial charge in [-0.2, -0.15) is 0 Å². The summed E-state index contributed by atoms with van der Waals surface area (Å²) in [6.45, 7) is 11.7. The first kappa shape index (κ1) is 26.2. The van der Waals surface area contributed by atoms with E-state index in [1.807, 2.05) is 39.0 Å². The second kappa shape index (κ2) is 12.2. The number of carbonyl (C=O) groups excluding carboxylic acids is 1. The Bertz CT molecular complexity index is 1010. The Balaban J connectivity index is 1.75. The normalized spacial score (nSPS) is 11.3. The third kappa shape index (κ3) is 9.13. The number of nitrogens with one attached hydrogen (secondary N) is 4. The number of H-pyrrole nitrogens is 1. The zero-order valence-corrected chi connectivity index (χ0v) is 20.3. The Morgan fingerprint density at radius 3 is 2.52 bits per heavy atom. The quantitative estimate of drug-likeness (QED) is 0.384. The lowest BCUT2D eigenvalue weighted by atomic mass is 10.1. The molecule has 4 N–H and O–H groups in total. The lowest BCUT2D eigenvalue weighted by Crippen LogP contribution is -2.37. The minimum absolute atomic E-state index is 0.335. The summed E-state index contributed by atoms with van der Waals surface area (Å²) in [5.41, 5.74) is 1.98. The average Bonchev–Trinajstić information content (AvgIpc) is 2.71. The fraction of sp³-hybridized carbons (Fsp3) is 0.542. The summed E-state index contributed by atoms with van der Waals surface area (Å²) >= 11 is 0. The number of unbranched alkanes of at least 4 members (excludes halogenated alkanes) is 1. The number of aryl methyl sites for hydroxylation is 2. The molecule has 33 heavy (non-hydrogen) atoms. The molecule has 1 aromatic carbocycles. The second-order valence-corrected chi connectivity index (χ2v) is 8.98. The van der Waals surface area contributed by atoms with E-state index in [2.05, 4.69) is 34.8 Å². The molecule has 1 heterocycles. The van der Waals surface area contributed by atoms with E-state index in [4.69, 9.17) is 4.74 Å². The summed E-state index contributed by atoms with van der Waals surface area (Å²) in [7, 11) is 0. The Hall–Kier alpha value is -3.07. The number of alkyl carbamates (subject to hydrolysis) is 1. The van der Waals surface area contributed by atoms with E-state index in [0.29, 0.717) is 31.9 Å². The van der Waals surface area contributed by atoms with Crippen molar-refractivity contribution in [3.63, 3.8) is 0 Å². The number of benzene rings is 1. The third-order valence-corrected chi connectivity index (χ3v) is 4.98. The fourth-order valence-corrected chi connectivity index (χ4v) is 3.30. The molecule has 0 saturated heterocycles. The largest absolute Gasteiger partial charge is 0.444 e. The molecular weight excluding hydrogens is 422 g/mol. The molecule has 0 aliphatic rings. The molecule has 1 amide bonds. The Morgan fingerprint density at radius 2 is 1.85 bits per heavy atom. The maximum Gasteiger partial charge on any atom is 0.407 e. The topological polar surface area (TPSA) is 117 Å². The van der Waals surface area contributed by atoms with Gasteiger partial charge in [-0.3, -0.25) is 14.3 Å². The predicted octanol–water partition coefficient (Wildman–Crippen LogP) is 3.05. The van der Waals surface area contributed by atoms with Gasteiger partial charge in [0.15, 0.2) is 0 Å². The molecule has 0 saturated carbocycles. The average molecular weight is 460 g/mol. The molecule has 2 rings (SSSR count). The molecule has 182 valence electrons. The van der Waals surface area contributed by atoms with Gasteiger partial charge in [0.25, 0.3) is 5.56 Å². The van der Waals surface area contributed by atoms with Crippen molar-refractivity contribution in [3.05, 3.63) is 56.2 Å². The van der Waals surface area contributed by atoms with E-state index >= 15 is 0 Å². The van der Waals surface area contributed by atoms with Gasteiger partial charge in [0.05, 0.1) is 0 Å². The molecule has 0 aliphatic carbocycles. The number of aromatic nitrogens is 2. The Morgan fingerprint density at radius 1 is 1.09 bits per heavy atom. The smallest absolute Gasteiger partial charge is 0.407 e. The predicted molar refractivity (Wildman–Crippen MR) is 132 cm³/mol. The molecule has 2 aromatic rings. The van der Waals surface area contributed by atoms with Crippen LogP contribution in [0.15, 0.2) is 33.9 Å². The minimum atomic E-state index is -0.513. The number of hydrogen-bond acceptors (Lipinski definition) is 6. The third-order valence-electron chi connectivity index (χ3n) is 4.98. The van der Waals surface area contributed by atoms with Gasteiger partial charge in [-0.05, 0) is 76.8 Å². The minimum Gasteiger partial charge on any atom is -0.444 e. The maximum atomic E-state index is 12.4. The van der Waals surface area contributed by atoms with Crippen molar-refractivity contribution in [1.82, 2.24) is 20.2 Å². The van der Waals surface area contributed by atoms with E-state index in [1.54, 1.807) is 0 Å². The Kier molecular flexibility index (Phi) is 9.72. The maximum absolute atomic E-state index is 12.4. The van der Waals surface area contributed by atoms with Crippen molar-refractivity contribution in [2.75, 3.05) is 25.0 Å². The number of carbonyl (C=O) groups is 1. The highest BCUT2D eigenvalue weighted by Gasteiger charge is 2.15. The van der Waals surface area contributed by atoms with Crippen molar-refractivity contribution in [2.45, 2.75) is 66.0 Å². The van der Waals surface area contributed by atoms with Crippen LogP contribution >= 0.6 is 0 Å². The summed E-state index contributed by atoms with van der Waals surface area (Å²) in [4.78, 5) is 39.1. The summed E-state index contributed by atoms with van der Waals surface area (Å²) in [6.07, 6.45) is 1.95. The van der Waals surface area contributed by atoms with Gasteiger partial charge in [0, 0.05) is 31.4 Å². The monoisotopic (exact) mass is 459 g/mol. The molecule has 0 spiro atoms. The standard InChI is InChI=1S/C24H37N5O4/c1-6-18-15-19(10-9-17(18)2)27-20-16-21(30)29(22(31)28-20)14-8-7-11-25-12-13-26-23(32)33-24(3,4)5/h9-10,15-16,25,27H,6-8,11-14H2,1-5H3,(H,26,32)(H,28,31). The molecule has 0 fully saturated rings. The lowest BCUT2D eigenvalue weighted by molar-refractivity contribution is 0.0528. The number of amides is 1. The number of ether oxygens (including phenoxy) is 1. The zero-order valence-electron chi connectivity index (χ0n) is 20.3. The number of rotatable bonds is 11. The molecule has 0 aliphatic heterocycles. The van der Waals surface area contributed by atoms with Gasteiger partial charge >= 0.3 is 11.8 Å². The van der Waals surface area contributed by atoms with Crippen molar-refractivity contribution < 1.29 is 9.53 Å². The molecule has 9 nitrogen and oxygen atoms in total. The molecule has 0 bridgehead atoms. The number of aromatic amines is 1. The van der Waals surface area contributed by atoms with E-state index < -0.39 is 17.4 Å². The van der Waals surface area contributed by atoms with Crippen molar-refractivity contribution >= 4 is 17.6 Å². The van der Waals surface area contributed by atoms with Crippen molar-refractivity contribution in [1.29, 1.82) is 0 Å². The van der Waals surface area contributed by atoms with E-state index in [1.165, 1.54) is 21.8 Å². The fourth-order valence-electron chi connectivity index (χ4n) is 3.30. The molecule has 9 heteroatoms. The highest BCUT2D eigenvalue weighted by molar-refractivity contribution is 5.67. The van der Waals surface area contributed by atoms with Crippen molar-refractivity contribution in [3.8, 4) is 0 Å². The summed E-state index contributed by atoms with van der Waals surface area (Å²) in [5.74, 6) is 0.381. The molecular formula is C24H37N5O4. The lowest BCUT2D eigenvalue weighted by Gasteiger charge is -2.19. The highest BCUT2D eigenvalue weighted by atomic mass is 16.6. The van der Waals surface area contributed by atoms with Gasteiger partial charge in [-0.25, -0.2) is 9.59 Å². The van der Waals surface area contributed by atoms with Gasteiger partial charge < -0.3 is 20.7 Å². The van der Waals surface area contributed by atoms with E-state index in [0.717, 1.165) is 25.1 Å². The molecule has 0 unspecified atom stereocenters. The van der Waals surface area contributed by atoms with Crippen LogP contribution in [0.2, 0.25) is 0 Å². The molecule has 0 atom stereocenters. The summed E-state index contributed by atoms with van der Waals surface area (Å²) in [6, 6.07) is 7.37. The first-order chi connectivity index (χ1) is 15.6. The SMILES string of the molecule is CCc1cc(Nc2cc(=O)n(CCCCNCCNC(=O)OC(C)(C)C)c(=O)[nH]2)ccc1C. The number of nitrogens with zero attached hydrogens (tertiary/aromatic N) is 1. The highest BCUT2D eigenvalue weighted by Crippen LogP contribution is 2.18. The van der Waals surface area contributed by atoms with Gasteiger partial charge in [-0.15, -0.1) is 0 Å². The first-order valence-electron chi connectivity index (χ1n) is 11.5. The Labute approximate surface area is 194 Å². The molecule has 0 radical (unpaired) electrons. The summed E-state index contributed by atoms with van der Waals surface area (Å²) in [5, 5.41) is 9.01. The van der Waals surface area contributed by atoms with Crippen LogP contribution in [-0.4, -0.2) is 40.9 Å². The van der Waals surface area contributed by atoms with E-state index in [-0.39, 0.29) is 5.56 Å². The number of anilines is 2. The van der Waals surface area contributed by atoms with Crippen LogP contribution in [0.5, 0.6) is 0 Å². The van der Waals surface area contributed by atoms with Crippen LogP contribution in [0.1, 0.15) is 51.7 Å². The van der Waals surface area contributed by atoms with Crippen LogP contribution in [0.4, 0.5) is 16.3 Å². The first-order valence-corrected chi connectivity index (χ1v) is 11.5. The van der Waals surface area contributed by atoms with Crippen LogP contribution in [0.3, 0.4) is 0 Å². The number of hydrogen-bond donors (Lipinski definition) is 4. The van der Waals surface area contributed by atoms with Crippen LogP contribution in [-0.2, 0) is 17.7 Å². The van der Waals surface area contributed by atoms with Gasteiger partial charge in [-0.1, -0.05) is 13.0 Å². The van der Waals surface area contributed by atoms with Crippen molar-refractivity contribution in [2.24, 2.45) is 0 Å². The van der Waals surface area contributed by atoms with Crippen LogP contribution in [0.25, 0.3) is 0 Å². The van der Waals surface area contributed by atoms with E-state index in [9.17, 15) is 14.4 Å². The van der Waals surface area contributed by atoms with Crippen LogP contribution in [0, 0.1) is 6.92 Å². The van der Waals surface area contributed by atoms with Gasteiger partial charge in [0.1, 0.15) is 11.4 Å². The van der Waals surface area contributed by atoms with Gasteiger partial charge in [0.2, 0.25) is 0 Å². The second-order valence-electron chi connectivity index (χ2n) is 8.98. The van der Waals surface area contributed by atoms with Crippen LogP contribution < -0.4 is 27.2 Å².